The van der Waals surface area contributed by atoms with Crippen molar-refractivity contribution < 1.29 is 14.7 Å². The van der Waals surface area contributed by atoms with E-state index in [9.17, 15) is 14.7 Å². The maximum atomic E-state index is 12.7. The van der Waals surface area contributed by atoms with E-state index in [2.05, 4.69) is 10.6 Å². The van der Waals surface area contributed by atoms with Crippen molar-refractivity contribution in [2.45, 2.75) is 50.7 Å². The van der Waals surface area contributed by atoms with Gasteiger partial charge in [0, 0.05) is 24.6 Å². The van der Waals surface area contributed by atoms with Crippen LogP contribution in [0.1, 0.15) is 47.2 Å². The predicted molar refractivity (Wildman–Crippen MR) is 112 cm³/mol. The summed E-state index contributed by atoms with van der Waals surface area (Å²) >= 11 is 0. The van der Waals surface area contributed by atoms with E-state index in [0.29, 0.717) is 11.6 Å². The molecule has 0 radical (unpaired) electrons. The Morgan fingerprint density at radius 2 is 1.79 bits per heavy atom. The maximum Gasteiger partial charge on any atom is 0.326 e. The van der Waals surface area contributed by atoms with Crippen LogP contribution in [-0.2, 0) is 17.8 Å². The minimum absolute atomic E-state index is 0.257. The molecule has 3 unspecified atom stereocenters. The molecule has 29 heavy (non-hydrogen) atoms. The van der Waals surface area contributed by atoms with Crippen molar-refractivity contribution in [2.75, 3.05) is 0 Å². The zero-order valence-corrected chi connectivity index (χ0v) is 16.5. The summed E-state index contributed by atoms with van der Waals surface area (Å²) in [5.41, 5.74) is 2.43. The summed E-state index contributed by atoms with van der Waals surface area (Å²) < 4.78 is 0. The molecule has 5 nitrogen and oxygen atoms in total. The van der Waals surface area contributed by atoms with Gasteiger partial charge in [0.15, 0.2) is 0 Å². The zero-order valence-electron chi connectivity index (χ0n) is 16.5. The Balaban J connectivity index is 1.36. The molecule has 2 fully saturated rings. The molecule has 3 N–H and O–H groups in total. The summed E-state index contributed by atoms with van der Waals surface area (Å²) in [5.74, 6) is 0.319. The smallest absolute Gasteiger partial charge is 0.326 e. The lowest BCUT2D eigenvalue weighted by atomic mass is 9.95. The molecule has 1 amide bonds. The van der Waals surface area contributed by atoms with Crippen molar-refractivity contribution in [1.82, 2.24) is 10.6 Å². The first kappa shape index (κ1) is 19.6. The van der Waals surface area contributed by atoms with Crippen LogP contribution in [-0.4, -0.2) is 29.1 Å². The summed E-state index contributed by atoms with van der Waals surface area (Å²) in [4.78, 5) is 24.3. The molecule has 152 valence electrons. The highest BCUT2D eigenvalue weighted by molar-refractivity contribution is 5.96. The molecule has 0 aliphatic heterocycles. The number of aliphatic carboxylic acids is 1. The molecule has 2 aliphatic rings. The third-order valence-electron chi connectivity index (χ3n) is 6.38. The van der Waals surface area contributed by atoms with Gasteiger partial charge in [0.2, 0.25) is 0 Å². The number of carbonyl (C=O) groups excluding carboxylic acids is 1. The largest absolute Gasteiger partial charge is 0.480 e. The van der Waals surface area contributed by atoms with Crippen molar-refractivity contribution in [2.24, 2.45) is 11.8 Å². The van der Waals surface area contributed by atoms with Gasteiger partial charge in [-0.15, -0.1) is 0 Å². The predicted octanol–water partition coefficient (Wildman–Crippen LogP) is 3.39. The van der Waals surface area contributed by atoms with Gasteiger partial charge >= 0.3 is 5.97 Å². The second kappa shape index (κ2) is 8.78. The van der Waals surface area contributed by atoms with E-state index >= 15 is 0 Å². The Bertz CT molecular complexity index is 867. The van der Waals surface area contributed by atoms with Gasteiger partial charge in [0.25, 0.3) is 5.91 Å². The molecule has 4 atom stereocenters. The highest BCUT2D eigenvalue weighted by Crippen LogP contribution is 2.44. The standard InChI is InChI=1S/C24H28N2O3/c27-23(26-22(24(28)29)13-16-5-2-1-3-6-16)20-8-4-7-18(12-20)15-25-21-14-17-9-10-19(21)11-17/h1-8,12,17,19,21-22,25H,9-11,13-15H2,(H,26,27)(H,28,29)/t17?,19?,21?,22-/m0/s1. The van der Waals surface area contributed by atoms with Crippen LogP contribution in [0.2, 0.25) is 0 Å². The summed E-state index contributed by atoms with van der Waals surface area (Å²) in [6.07, 6.45) is 5.60. The van der Waals surface area contributed by atoms with Gasteiger partial charge in [-0.2, -0.15) is 0 Å². The molecule has 4 rings (SSSR count). The van der Waals surface area contributed by atoms with Crippen LogP contribution in [0.5, 0.6) is 0 Å². The van der Waals surface area contributed by atoms with Crippen molar-refractivity contribution >= 4 is 11.9 Å². The molecular formula is C24H28N2O3. The Labute approximate surface area is 171 Å². The SMILES string of the molecule is O=C(N[C@@H](Cc1ccccc1)C(=O)O)c1cccc(CNC2CC3CCC2C3)c1. The molecule has 0 heterocycles. The van der Waals surface area contributed by atoms with Crippen LogP contribution in [0.4, 0.5) is 0 Å². The van der Waals surface area contributed by atoms with Gasteiger partial charge in [-0.25, -0.2) is 4.79 Å². The van der Waals surface area contributed by atoms with Crippen LogP contribution in [0.25, 0.3) is 0 Å². The number of carboxylic acids is 1. The van der Waals surface area contributed by atoms with E-state index < -0.39 is 12.0 Å². The molecule has 2 aromatic rings. The summed E-state index contributed by atoms with van der Waals surface area (Å²) in [7, 11) is 0. The first-order valence-electron chi connectivity index (χ1n) is 10.5. The highest BCUT2D eigenvalue weighted by Gasteiger charge is 2.38. The van der Waals surface area contributed by atoms with E-state index in [1.165, 1.54) is 25.7 Å². The van der Waals surface area contributed by atoms with Gasteiger partial charge in [-0.3, -0.25) is 4.79 Å². The average molecular weight is 392 g/mol. The molecule has 2 aromatic carbocycles. The van der Waals surface area contributed by atoms with Crippen LogP contribution in [0.15, 0.2) is 54.6 Å². The number of carboxylic acid groups (broad SMARTS) is 1. The maximum absolute atomic E-state index is 12.7. The first-order valence-corrected chi connectivity index (χ1v) is 10.5. The molecule has 5 heteroatoms. The van der Waals surface area contributed by atoms with Gasteiger partial charge < -0.3 is 15.7 Å². The fraction of sp³-hybridized carbons (Fsp3) is 0.417. The van der Waals surface area contributed by atoms with Crippen LogP contribution in [0.3, 0.4) is 0 Å². The second-order valence-corrected chi connectivity index (χ2v) is 8.42. The monoisotopic (exact) mass is 392 g/mol. The van der Waals surface area contributed by atoms with E-state index in [-0.39, 0.29) is 12.3 Å². The number of nitrogens with one attached hydrogen (secondary N) is 2. The molecule has 0 aromatic heterocycles. The number of carbonyl (C=O) groups is 2. The quantitative estimate of drug-likeness (QED) is 0.643. The number of amides is 1. The Morgan fingerprint density at radius 1 is 1.00 bits per heavy atom. The second-order valence-electron chi connectivity index (χ2n) is 8.42. The lowest BCUT2D eigenvalue weighted by Crippen LogP contribution is -2.42. The Morgan fingerprint density at radius 3 is 2.48 bits per heavy atom. The van der Waals surface area contributed by atoms with Crippen molar-refractivity contribution in [3.63, 3.8) is 0 Å². The van der Waals surface area contributed by atoms with Gasteiger partial charge in [-0.05, 0) is 54.4 Å². The molecule has 2 aliphatic carbocycles. The van der Waals surface area contributed by atoms with Crippen LogP contribution >= 0.6 is 0 Å². The third kappa shape index (κ3) is 4.85. The molecular weight excluding hydrogens is 364 g/mol. The Kier molecular flexibility index (Phi) is 5.95. The minimum atomic E-state index is -1.03. The van der Waals surface area contributed by atoms with E-state index in [1.54, 1.807) is 6.07 Å². The zero-order chi connectivity index (χ0) is 20.2. The Hall–Kier alpha value is -2.66. The summed E-state index contributed by atoms with van der Waals surface area (Å²) in [6, 6.07) is 16.4. The number of rotatable bonds is 8. The van der Waals surface area contributed by atoms with Crippen LogP contribution < -0.4 is 10.6 Å². The van der Waals surface area contributed by atoms with E-state index in [4.69, 9.17) is 0 Å². The highest BCUT2D eigenvalue weighted by atomic mass is 16.4. The van der Waals surface area contributed by atoms with Gasteiger partial charge in [0.05, 0.1) is 0 Å². The topological polar surface area (TPSA) is 78.4 Å². The van der Waals surface area contributed by atoms with Crippen molar-refractivity contribution in [3.8, 4) is 0 Å². The number of fused-ring (bicyclic) bond motifs is 2. The third-order valence-corrected chi connectivity index (χ3v) is 6.38. The fourth-order valence-corrected chi connectivity index (χ4v) is 4.86. The number of hydrogen-bond acceptors (Lipinski definition) is 3. The minimum Gasteiger partial charge on any atom is -0.480 e. The van der Waals surface area contributed by atoms with Gasteiger partial charge in [-0.1, -0.05) is 48.9 Å². The van der Waals surface area contributed by atoms with Gasteiger partial charge in [0.1, 0.15) is 6.04 Å². The van der Waals surface area contributed by atoms with Crippen LogP contribution in [0, 0.1) is 11.8 Å². The molecule has 2 saturated carbocycles. The normalized spacial score (nSPS) is 23.7. The molecule has 0 spiro atoms. The first-order chi connectivity index (χ1) is 14.1. The lowest BCUT2D eigenvalue weighted by Gasteiger charge is -2.23. The number of hydrogen-bond donors (Lipinski definition) is 3. The molecule has 0 saturated heterocycles. The summed E-state index contributed by atoms with van der Waals surface area (Å²) in [6.45, 7) is 0.737. The van der Waals surface area contributed by atoms with Crippen molar-refractivity contribution in [1.29, 1.82) is 0 Å². The average Bonchev–Trinajstić information content (AvgIpc) is 3.36. The molecule has 2 bridgehead atoms. The van der Waals surface area contributed by atoms with E-state index in [1.807, 2.05) is 48.5 Å². The van der Waals surface area contributed by atoms with E-state index in [0.717, 1.165) is 29.5 Å². The lowest BCUT2D eigenvalue weighted by molar-refractivity contribution is -0.139. The van der Waals surface area contributed by atoms with Crippen molar-refractivity contribution in [3.05, 3.63) is 71.3 Å². The summed E-state index contributed by atoms with van der Waals surface area (Å²) in [5, 5.41) is 15.8. The fourth-order valence-electron chi connectivity index (χ4n) is 4.86. The number of benzene rings is 2.